The number of aromatic carboxylic acids is 1. The Morgan fingerprint density at radius 1 is 1.10 bits per heavy atom. The van der Waals surface area contributed by atoms with Crippen molar-refractivity contribution in [1.29, 1.82) is 0 Å². The van der Waals surface area contributed by atoms with Crippen molar-refractivity contribution < 1.29 is 9.90 Å². The first-order valence-electron chi connectivity index (χ1n) is 6.85. The minimum absolute atomic E-state index is 0.0867. The average molecular weight is 303 g/mol. The summed E-state index contributed by atoms with van der Waals surface area (Å²) in [5.41, 5.74) is 4.64. The number of rotatable bonds is 1. The molecule has 0 amide bonds. The third kappa shape index (κ3) is 1.64. The number of hydrogen-bond acceptors (Lipinski definition) is 3. The van der Waals surface area contributed by atoms with Crippen molar-refractivity contribution in [3.8, 4) is 0 Å². The van der Waals surface area contributed by atoms with E-state index in [1.54, 1.807) is 0 Å². The summed E-state index contributed by atoms with van der Waals surface area (Å²) >= 11 is 1.44. The molecular formula is C16H17NO3S. The van der Waals surface area contributed by atoms with Crippen LogP contribution in [0.3, 0.4) is 0 Å². The lowest BCUT2D eigenvalue weighted by molar-refractivity contribution is 0.0689. The van der Waals surface area contributed by atoms with E-state index in [0.717, 1.165) is 22.2 Å². The van der Waals surface area contributed by atoms with Gasteiger partial charge in [0.15, 0.2) is 0 Å². The summed E-state index contributed by atoms with van der Waals surface area (Å²) < 4.78 is 2.00. The van der Waals surface area contributed by atoms with Crippen LogP contribution in [-0.4, -0.2) is 15.6 Å². The molecule has 21 heavy (non-hydrogen) atoms. The molecule has 0 spiro atoms. The molecule has 1 N–H and O–H groups in total. The number of aryl methyl sites for hydroxylation is 2. The molecule has 0 aliphatic carbocycles. The normalized spacial score (nSPS) is 16.7. The molecule has 0 saturated carbocycles. The van der Waals surface area contributed by atoms with E-state index in [2.05, 4.69) is 6.92 Å². The fourth-order valence-corrected chi connectivity index (χ4v) is 4.27. The predicted molar refractivity (Wildman–Crippen MR) is 84.7 cm³/mol. The van der Waals surface area contributed by atoms with Gasteiger partial charge < -0.3 is 9.67 Å². The van der Waals surface area contributed by atoms with Crippen LogP contribution in [0.2, 0.25) is 0 Å². The maximum absolute atomic E-state index is 12.7. The second-order valence-corrected chi connectivity index (χ2v) is 6.93. The van der Waals surface area contributed by atoms with Gasteiger partial charge in [-0.05, 0) is 56.9 Å². The first-order chi connectivity index (χ1) is 9.77. The van der Waals surface area contributed by atoms with Crippen LogP contribution < -0.4 is 5.43 Å². The van der Waals surface area contributed by atoms with Crippen molar-refractivity contribution in [3.63, 3.8) is 0 Å². The summed E-state index contributed by atoms with van der Waals surface area (Å²) in [5.74, 6) is -1.14. The molecule has 1 aromatic heterocycles. The first kappa shape index (κ1) is 14.2. The summed E-state index contributed by atoms with van der Waals surface area (Å²) in [6.45, 7) is 9.97. The highest BCUT2D eigenvalue weighted by Crippen LogP contribution is 2.47. The van der Waals surface area contributed by atoms with E-state index in [0.29, 0.717) is 10.4 Å². The van der Waals surface area contributed by atoms with Gasteiger partial charge in [-0.25, -0.2) is 4.79 Å². The third-order valence-corrected chi connectivity index (χ3v) is 5.82. The van der Waals surface area contributed by atoms with Crippen molar-refractivity contribution in [3.05, 3.63) is 38.0 Å². The van der Waals surface area contributed by atoms with Gasteiger partial charge in [-0.1, -0.05) is 11.8 Å². The number of thioether (sulfide) groups is 1. The van der Waals surface area contributed by atoms with E-state index in [-0.39, 0.29) is 16.4 Å². The van der Waals surface area contributed by atoms with Crippen LogP contribution in [0, 0.1) is 27.7 Å². The summed E-state index contributed by atoms with van der Waals surface area (Å²) in [7, 11) is 0. The van der Waals surface area contributed by atoms with E-state index < -0.39 is 5.97 Å². The number of aromatic nitrogens is 1. The molecule has 0 bridgehead atoms. The van der Waals surface area contributed by atoms with Gasteiger partial charge in [0.25, 0.3) is 0 Å². The highest BCUT2D eigenvalue weighted by molar-refractivity contribution is 8.00. The van der Waals surface area contributed by atoms with Crippen LogP contribution in [0.5, 0.6) is 0 Å². The zero-order chi connectivity index (χ0) is 15.6. The van der Waals surface area contributed by atoms with Crippen molar-refractivity contribution >= 4 is 28.6 Å². The van der Waals surface area contributed by atoms with Crippen LogP contribution in [0.4, 0.5) is 0 Å². The minimum Gasteiger partial charge on any atom is -0.477 e. The molecule has 5 heteroatoms. The predicted octanol–water partition coefficient (Wildman–Crippen LogP) is 3.56. The Labute approximate surface area is 126 Å². The van der Waals surface area contributed by atoms with Gasteiger partial charge in [0.1, 0.15) is 5.56 Å². The Kier molecular flexibility index (Phi) is 2.95. The summed E-state index contributed by atoms with van der Waals surface area (Å²) in [6.07, 6.45) is 0. The largest absolute Gasteiger partial charge is 0.477 e. The van der Waals surface area contributed by atoms with Gasteiger partial charge in [0.2, 0.25) is 5.43 Å². The number of carbonyl (C=O) groups is 1. The molecule has 3 rings (SSSR count). The van der Waals surface area contributed by atoms with Crippen molar-refractivity contribution in [1.82, 2.24) is 4.57 Å². The lowest BCUT2D eigenvalue weighted by Gasteiger charge is -2.34. The Bertz CT molecular complexity index is 880. The molecule has 1 aliphatic rings. The number of fused-ring (bicyclic) bond motifs is 3. The topological polar surface area (TPSA) is 59.3 Å². The maximum atomic E-state index is 12.7. The number of carboxylic acid groups (broad SMARTS) is 1. The molecule has 1 aliphatic heterocycles. The molecule has 4 nitrogen and oxygen atoms in total. The molecular weight excluding hydrogens is 286 g/mol. The van der Waals surface area contributed by atoms with Gasteiger partial charge in [-0.2, -0.15) is 0 Å². The first-order valence-corrected chi connectivity index (χ1v) is 7.73. The lowest BCUT2D eigenvalue weighted by Crippen LogP contribution is -2.29. The van der Waals surface area contributed by atoms with Gasteiger partial charge in [-0.15, -0.1) is 0 Å². The Hall–Kier alpha value is -1.75. The van der Waals surface area contributed by atoms with Gasteiger partial charge >= 0.3 is 5.97 Å². The highest BCUT2D eigenvalue weighted by atomic mass is 32.2. The average Bonchev–Trinajstić information content (AvgIpc) is 2.40. The summed E-state index contributed by atoms with van der Waals surface area (Å²) in [4.78, 5) is 24.2. The van der Waals surface area contributed by atoms with E-state index in [1.807, 2.05) is 32.3 Å². The van der Waals surface area contributed by atoms with Gasteiger partial charge in [0.05, 0.1) is 21.3 Å². The second kappa shape index (κ2) is 4.37. The molecule has 0 fully saturated rings. The van der Waals surface area contributed by atoms with Crippen LogP contribution in [0.15, 0.2) is 9.82 Å². The number of hydrogen-bond donors (Lipinski definition) is 1. The van der Waals surface area contributed by atoms with Gasteiger partial charge in [-0.3, -0.25) is 4.79 Å². The zero-order valence-electron chi connectivity index (χ0n) is 12.7. The molecule has 2 heterocycles. The van der Waals surface area contributed by atoms with Crippen LogP contribution in [0.25, 0.3) is 10.9 Å². The molecule has 0 radical (unpaired) electrons. The smallest absolute Gasteiger partial charge is 0.342 e. The number of benzene rings is 1. The molecule has 2 aromatic rings. The molecule has 110 valence electrons. The van der Waals surface area contributed by atoms with Crippen molar-refractivity contribution in [2.75, 3.05) is 0 Å². The monoisotopic (exact) mass is 303 g/mol. The summed E-state index contributed by atoms with van der Waals surface area (Å²) in [5, 5.41) is 10.7. The molecule has 1 aromatic carbocycles. The summed E-state index contributed by atoms with van der Waals surface area (Å²) in [6, 6.07) is 0. The number of pyridine rings is 1. The van der Waals surface area contributed by atoms with E-state index >= 15 is 0 Å². The zero-order valence-corrected chi connectivity index (χ0v) is 13.5. The maximum Gasteiger partial charge on any atom is 0.342 e. The van der Waals surface area contributed by atoms with E-state index in [1.165, 1.54) is 17.3 Å². The fraction of sp³-hybridized carbons (Fsp3) is 0.375. The van der Waals surface area contributed by atoms with Crippen LogP contribution >= 0.6 is 11.8 Å². The van der Waals surface area contributed by atoms with E-state index in [4.69, 9.17) is 0 Å². The molecule has 0 saturated heterocycles. The Morgan fingerprint density at radius 3 is 2.19 bits per heavy atom. The second-order valence-electron chi connectivity index (χ2n) is 5.63. The van der Waals surface area contributed by atoms with Crippen molar-refractivity contribution in [2.24, 2.45) is 0 Å². The molecule has 1 atom stereocenters. The Balaban J connectivity index is 2.67. The SMILES string of the molecule is Cc1c(C)c(C)c2c(c1C)c(=O)c(C(=O)O)c1n2C(C)S1. The highest BCUT2D eigenvalue weighted by Gasteiger charge is 2.34. The Morgan fingerprint density at radius 2 is 1.67 bits per heavy atom. The van der Waals surface area contributed by atoms with Crippen molar-refractivity contribution in [2.45, 2.75) is 45.0 Å². The molecule has 1 unspecified atom stereocenters. The van der Waals surface area contributed by atoms with E-state index in [9.17, 15) is 14.7 Å². The minimum atomic E-state index is -1.14. The van der Waals surface area contributed by atoms with Gasteiger partial charge in [0, 0.05) is 0 Å². The van der Waals surface area contributed by atoms with Crippen LogP contribution in [0.1, 0.15) is 44.9 Å². The van der Waals surface area contributed by atoms with Crippen LogP contribution in [-0.2, 0) is 0 Å². The standard InChI is InChI=1S/C16H17NO3S/c1-6-7(2)9(4)13-11(8(6)3)14(18)12(16(19)20)15-17(13)10(5)21-15/h10H,1-5H3,(H,19,20). The number of carboxylic acids is 1. The number of nitrogens with zero attached hydrogens (tertiary/aromatic N) is 1. The third-order valence-electron chi connectivity index (χ3n) is 4.64. The quantitative estimate of drug-likeness (QED) is 0.875. The fourth-order valence-electron chi connectivity index (χ4n) is 3.13. The lowest BCUT2D eigenvalue weighted by atomic mass is 9.93.